The second-order valence-corrected chi connectivity index (χ2v) is 5.38. The number of para-hydroxylation sites is 1. The summed E-state index contributed by atoms with van der Waals surface area (Å²) in [6.07, 6.45) is -4.38. The molecule has 26 heavy (non-hydrogen) atoms. The van der Waals surface area contributed by atoms with E-state index in [1.807, 2.05) is 0 Å². The minimum absolute atomic E-state index is 0.207. The second-order valence-electron chi connectivity index (χ2n) is 5.38. The first-order chi connectivity index (χ1) is 12.3. The van der Waals surface area contributed by atoms with Crippen molar-refractivity contribution in [1.82, 2.24) is 5.32 Å². The molecule has 0 spiro atoms. The van der Waals surface area contributed by atoms with Crippen LogP contribution < -0.4 is 10.6 Å². The summed E-state index contributed by atoms with van der Waals surface area (Å²) in [6, 6.07) is 12.5. The summed E-state index contributed by atoms with van der Waals surface area (Å²) in [4.78, 5) is 24.1. The molecule has 0 unspecified atom stereocenters. The van der Waals surface area contributed by atoms with E-state index in [1.54, 1.807) is 24.3 Å². The Morgan fingerprint density at radius 1 is 1.00 bits per heavy atom. The lowest BCUT2D eigenvalue weighted by Gasteiger charge is -2.11. The van der Waals surface area contributed by atoms with Gasteiger partial charge in [0.05, 0.1) is 17.9 Å². The lowest BCUT2D eigenvalue weighted by molar-refractivity contribution is -0.176. The Labute approximate surface area is 148 Å². The molecule has 2 N–H and O–H groups in total. The van der Waals surface area contributed by atoms with E-state index in [2.05, 4.69) is 15.4 Å². The van der Waals surface area contributed by atoms with Crippen molar-refractivity contribution in [2.45, 2.75) is 12.8 Å². The Morgan fingerprint density at radius 3 is 2.27 bits per heavy atom. The first-order valence-electron chi connectivity index (χ1n) is 7.66. The van der Waals surface area contributed by atoms with Gasteiger partial charge in [0, 0.05) is 12.6 Å². The highest BCUT2D eigenvalue weighted by Gasteiger charge is 2.27. The summed E-state index contributed by atoms with van der Waals surface area (Å²) in [5.74, 6) is -0.776. The SMILES string of the molecule is CNC(=O)c1ccccc1NC(=O)c1ccc(COCC(F)(F)F)cc1. The number of amides is 2. The summed E-state index contributed by atoms with van der Waals surface area (Å²) in [6.45, 7) is -1.54. The van der Waals surface area contributed by atoms with Crippen LogP contribution in [0, 0.1) is 0 Å². The minimum Gasteiger partial charge on any atom is -0.367 e. The van der Waals surface area contributed by atoms with Crippen LogP contribution in [0.15, 0.2) is 48.5 Å². The van der Waals surface area contributed by atoms with Crippen molar-refractivity contribution in [3.05, 3.63) is 65.2 Å². The van der Waals surface area contributed by atoms with Crippen LogP contribution in [-0.4, -0.2) is 31.6 Å². The smallest absolute Gasteiger partial charge is 0.367 e. The van der Waals surface area contributed by atoms with Gasteiger partial charge in [-0.3, -0.25) is 9.59 Å². The summed E-state index contributed by atoms with van der Waals surface area (Å²) < 4.78 is 40.7. The predicted octanol–water partition coefficient (Wildman–Crippen LogP) is 3.38. The van der Waals surface area contributed by atoms with Crippen LogP contribution in [0.5, 0.6) is 0 Å². The molecule has 0 radical (unpaired) electrons. The lowest BCUT2D eigenvalue weighted by atomic mass is 10.1. The highest BCUT2D eigenvalue weighted by atomic mass is 19.4. The van der Waals surface area contributed by atoms with E-state index < -0.39 is 18.7 Å². The maximum atomic E-state index is 12.3. The fraction of sp³-hybridized carbons (Fsp3) is 0.222. The van der Waals surface area contributed by atoms with E-state index in [-0.39, 0.29) is 12.5 Å². The van der Waals surface area contributed by atoms with Crippen LogP contribution in [0.25, 0.3) is 0 Å². The number of ether oxygens (including phenoxy) is 1. The first kappa shape index (κ1) is 19.5. The monoisotopic (exact) mass is 366 g/mol. The number of halogens is 3. The molecule has 0 fully saturated rings. The standard InChI is InChI=1S/C18H17F3N2O3/c1-22-17(25)14-4-2-3-5-15(14)23-16(24)13-8-6-12(7-9-13)10-26-11-18(19,20)21/h2-9H,10-11H2,1H3,(H,22,25)(H,23,24). The Hall–Kier alpha value is -2.87. The minimum atomic E-state index is -4.38. The van der Waals surface area contributed by atoms with E-state index in [9.17, 15) is 22.8 Å². The molecular weight excluding hydrogens is 349 g/mol. The van der Waals surface area contributed by atoms with Crippen LogP contribution in [0.3, 0.4) is 0 Å². The van der Waals surface area contributed by atoms with E-state index in [1.165, 1.54) is 31.3 Å². The number of hydrogen-bond donors (Lipinski definition) is 2. The van der Waals surface area contributed by atoms with Gasteiger partial charge >= 0.3 is 6.18 Å². The average Bonchev–Trinajstić information content (AvgIpc) is 2.61. The fourth-order valence-electron chi connectivity index (χ4n) is 2.16. The molecule has 0 saturated carbocycles. The van der Waals surface area contributed by atoms with Crippen molar-refractivity contribution >= 4 is 17.5 Å². The molecule has 8 heteroatoms. The van der Waals surface area contributed by atoms with E-state index in [0.29, 0.717) is 22.4 Å². The van der Waals surface area contributed by atoms with Crippen LogP contribution in [0.2, 0.25) is 0 Å². The van der Waals surface area contributed by atoms with Crippen LogP contribution in [-0.2, 0) is 11.3 Å². The number of rotatable bonds is 6. The Bertz CT molecular complexity index is 774. The molecular formula is C18H17F3N2O3. The summed E-state index contributed by atoms with van der Waals surface area (Å²) >= 11 is 0. The maximum Gasteiger partial charge on any atom is 0.411 e. The topological polar surface area (TPSA) is 67.4 Å². The van der Waals surface area contributed by atoms with Gasteiger partial charge in [-0.1, -0.05) is 24.3 Å². The Morgan fingerprint density at radius 2 is 1.65 bits per heavy atom. The molecule has 0 aliphatic heterocycles. The molecule has 2 aromatic rings. The van der Waals surface area contributed by atoms with Crippen molar-refractivity contribution in [2.24, 2.45) is 0 Å². The van der Waals surface area contributed by atoms with Gasteiger partial charge in [-0.15, -0.1) is 0 Å². The van der Waals surface area contributed by atoms with E-state index in [4.69, 9.17) is 0 Å². The van der Waals surface area contributed by atoms with Crippen LogP contribution in [0.1, 0.15) is 26.3 Å². The lowest BCUT2D eigenvalue weighted by Crippen LogP contribution is -2.21. The molecule has 0 bridgehead atoms. The van der Waals surface area contributed by atoms with E-state index >= 15 is 0 Å². The maximum absolute atomic E-state index is 12.3. The van der Waals surface area contributed by atoms with Crippen molar-refractivity contribution in [2.75, 3.05) is 19.0 Å². The summed E-state index contributed by atoms with van der Waals surface area (Å²) in [5, 5.41) is 5.13. The van der Waals surface area contributed by atoms with Gasteiger partial charge in [0.15, 0.2) is 0 Å². The highest BCUT2D eigenvalue weighted by molar-refractivity contribution is 6.08. The summed E-state index contributed by atoms with van der Waals surface area (Å²) in [7, 11) is 1.49. The van der Waals surface area contributed by atoms with Crippen LogP contribution >= 0.6 is 0 Å². The molecule has 2 rings (SSSR count). The zero-order valence-corrected chi connectivity index (χ0v) is 13.9. The number of anilines is 1. The van der Waals surface area contributed by atoms with Crippen LogP contribution in [0.4, 0.5) is 18.9 Å². The van der Waals surface area contributed by atoms with E-state index in [0.717, 1.165) is 0 Å². The zero-order chi connectivity index (χ0) is 19.2. The molecule has 0 atom stereocenters. The molecule has 0 aliphatic rings. The van der Waals surface area contributed by atoms with Gasteiger partial charge in [0.25, 0.3) is 11.8 Å². The van der Waals surface area contributed by atoms with Crippen molar-refractivity contribution in [1.29, 1.82) is 0 Å². The van der Waals surface area contributed by atoms with Gasteiger partial charge < -0.3 is 15.4 Å². The number of carbonyl (C=O) groups is 2. The Kier molecular flexibility index (Phi) is 6.35. The third-order valence-electron chi connectivity index (χ3n) is 3.40. The molecule has 0 aromatic heterocycles. The molecule has 5 nitrogen and oxygen atoms in total. The highest BCUT2D eigenvalue weighted by Crippen LogP contribution is 2.18. The molecule has 0 heterocycles. The van der Waals surface area contributed by atoms with Gasteiger partial charge in [0.1, 0.15) is 6.61 Å². The van der Waals surface area contributed by atoms with Gasteiger partial charge in [-0.2, -0.15) is 13.2 Å². The molecule has 2 aromatic carbocycles. The van der Waals surface area contributed by atoms with Crippen molar-refractivity contribution in [3.8, 4) is 0 Å². The van der Waals surface area contributed by atoms with Crippen molar-refractivity contribution < 1.29 is 27.5 Å². The normalized spacial score (nSPS) is 11.1. The predicted molar refractivity (Wildman–Crippen MR) is 89.9 cm³/mol. The average molecular weight is 366 g/mol. The first-order valence-corrected chi connectivity index (χ1v) is 7.66. The Balaban J connectivity index is 2.02. The second kappa shape index (κ2) is 8.48. The third-order valence-corrected chi connectivity index (χ3v) is 3.40. The number of nitrogens with one attached hydrogen (secondary N) is 2. The molecule has 0 aliphatic carbocycles. The third kappa shape index (κ3) is 5.59. The number of alkyl halides is 3. The molecule has 0 saturated heterocycles. The zero-order valence-electron chi connectivity index (χ0n) is 13.9. The van der Waals surface area contributed by atoms with Crippen molar-refractivity contribution in [3.63, 3.8) is 0 Å². The number of benzene rings is 2. The fourth-order valence-corrected chi connectivity index (χ4v) is 2.16. The molecule has 2 amide bonds. The quantitative estimate of drug-likeness (QED) is 0.824. The van der Waals surface area contributed by atoms with Gasteiger partial charge in [-0.05, 0) is 29.8 Å². The largest absolute Gasteiger partial charge is 0.411 e. The van der Waals surface area contributed by atoms with Gasteiger partial charge in [-0.25, -0.2) is 0 Å². The summed E-state index contributed by atoms with van der Waals surface area (Å²) in [5.41, 5.74) is 1.49. The number of hydrogen-bond acceptors (Lipinski definition) is 3. The van der Waals surface area contributed by atoms with Gasteiger partial charge in [0.2, 0.25) is 0 Å². The number of carbonyl (C=O) groups excluding carboxylic acids is 2. The molecule has 138 valence electrons.